The van der Waals surface area contributed by atoms with Crippen molar-refractivity contribution in [1.29, 1.82) is 0 Å². The van der Waals surface area contributed by atoms with Crippen LogP contribution in [0.15, 0.2) is 36.7 Å². The van der Waals surface area contributed by atoms with Gasteiger partial charge in [0, 0.05) is 18.8 Å². The van der Waals surface area contributed by atoms with E-state index in [0.29, 0.717) is 11.3 Å². The monoisotopic (exact) mass is 289 g/mol. The number of hydrogen-bond acceptors (Lipinski definition) is 4. The van der Waals surface area contributed by atoms with Crippen molar-refractivity contribution in [2.24, 2.45) is 7.05 Å². The van der Waals surface area contributed by atoms with Crippen LogP contribution in [0, 0.1) is 0 Å². The van der Waals surface area contributed by atoms with Crippen molar-refractivity contribution in [2.75, 3.05) is 7.11 Å². The molecule has 0 radical (unpaired) electrons. The molecule has 0 aliphatic heterocycles. The number of aliphatic carboxylic acids is 1. The summed E-state index contributed by atoms with van der Waals surface area (Å²) >= 11 is 0. The number of methoxy groups -OCH3 is 1. The van der Waals surface area contributed by atoms with Crippen molar-refractivity contribution in [1.82, 2.24) is 15.1 Å². The van der Waals surface area contributed by atoms with E-state index < -0.39 is 17.9 Å². The first-order chi connectivity index (χ1) is 10.0. The molecule has 0 spiro atoms. The van der Waals surface area contributed by atoms with Gasteiger partial charge in [0.05, 0.1) is 18.9 Å². The highest BCUT2D eigenvalue weighted by Gasteiger charge is 2.25. The fourth-order valence-electron chi connectivity index (χ4n) is 1.92. The summed E-state index contributed by atoms with van der Waals surface area (Å²) in [4.78, 5) is 23.6. The zero-order valence-corrected chi connectivity index (χ0v) is 11.6. The summed E-state index contributed by atoms with van der Waals surface area (Å²) in [5, 5.41) is 15.7. The van der Waals surface area contributed by atoms with E-state index in [1.165, 1.54) is 18.0 Å². The molecule has 21 heavy (non-hydrogen) atoms. The quantitative estimate of drug-likeness (QED) is 0.856. The Morgan fingerprint density at radius 1 is 1.38 bits per heavy atom. The summed E-state index contributed by atoms with van der Waals surface area (Å²) in [7, 11) is 3.12. The van der Waals surface area contributed by atoms with E-state index in [1.807, 2.05) is 0 Å². The number of nitrogens with zero attached hydrogens (tertiary/aromatic N) is 2. The van der Waals surface area contributed by atoms with Crippen molar-refractivity contribution in [3.63, 3.8) is 0 Å². The molecular formula is C14H15N3O4. The number of aromatic nitrogens is 2. The molecule has 0 fully saturated rings. The first-order valence-corrected chi connectivity index (χ1v) is 6.18. The van der Waals surface area contributed by atoms with Crippen LogP contribution < -0.4 is 10.1 Å². The number of amides is 1. The van der Waals surface area contributed by atoms with Crippen molar-refractivity contribution in [3.8, 4) is 5.75 Å². The van der Waals surface area contributed by atoms with Crippen molar-refractivity contribution >= 4 is 11.9 Å². The minimum Gasteiger partial charge on any atom is -0.496 e. The van der Waals surface area contributed by atoms with Crippen LogP contribution in [0.3, 0.4) is 0 Å². The molecule has 0 aliphatic carbocycles. The van der Waals surface area contributed by atoms with Crippen molar-refractivity contribution in [2.45, 2.75) is 6.04 Å². The average molecular weight is 289 g/mol. The largest absolute Gasteiger partial charge is 0.496 e. The van der Waals surface area contributed by atoms with Crippen LogP contribution in [0.25, 0.3) is 0 Å². The van der Waals surface area contributed by atoms with Gasteiger partial charge in [0.15, 0.2) is 6.04 Å². The summed E-state index contributed by atoms with van der Waals surface area (Å²) in [5.41, 5.74) is 0.670. The van der Waals surface area contributed by atoms with Gasteiger partial charge in [-0.3, -0.25) is 9.48 Å². The second-order valence-electron chi connectivity index (χ2n) is 4.39. The fraction of sp³-hybridized carbons (Fsp3) is 0.214. The minimum absolute atomic E-state index is 0.273. The molecule has 1 atom stereocenters. The molecule has 1 amide bonds. The molecule has 7 heteroatoms. The first-order valence-electron chi connectivity index (χ1n) is 6.18. The Hall–Kier alpha value is -2.83. The highest BCUT2D eigenvalue weighted by atomic mass is 16.5. The van der Waals surface area contributed by atoms with E-state index in [0.717, 1.165) is 0 Å². The maximum Gasteiger partial charge on any atom is 0.331 e. The zero-order valence-electron chi connectivity index (χ0n) is 11.6. The highest BCUT2D eigenvalue weighted by Crippen LogP contribution is 2.19. The van der Waals surface area contributed by atoms with Gasteiger partial charge < -0.3 is 15.2 Å². The Bertz CT molecular complexity index is 666. The van der Waals surface area contributed by atoms with E-state index >= 15 is 0 Å². The van der Waals surface area contributed by atoms with Crippen LogP contribution in [0.1, 0.15) is 22.0 Å². The minimum atomic E-state index is -1.17. The Morgan fingerprint density at radius 3 is 2.67 bits per heavy atom. The maximum atomic E-state index is 12.2. The summed E-state index contributed by atoms with van der Waals surface area (Å²) in [6, 6.07) is 5.43. The third-order valence-electron chi connectivity index (χ3n) is 2.93. The number of ether oxygens (including phenoxy) is 1. The predicted molar refractivity (Wildman–Crippen MR) is 74.0 cm³/mol. The topological polar surface area (TPSA) is 93.4 Å². The molecule has 0 bridgehead atoms. The lowest BCUT2D eigenvalue weighted by Crippen LogP contribution is -2.33. The maximum absolute atomic E-state index is 12.2. The van der Waals surface area contributed by atoms with Gasteiger partial charge in [-0.1, -0.05) is 12.1 Å². The van der Waals surface area contributed by atoms with Crippen LogP contribution in [-0.4, -0.2) is 33.9 Å². The lowest BCUT2D eigenvalue weighted by atomic mass is 10.1. The molecule has 110 valence electrons. The number of rotatable bonds is 5. The molecule has 1 aromatic carbocycles. The summed E-state index contributed by atoms with van der Waals surface area (Å²) < 4.78 is 6.57. The van der Waals surface area contributed by atoms with Gasteiger partial charge in [0.2, 0.25) is 0 Å². The first kappa shape index (κ1) is 14.6. The normalized spacial score (nSPS) is 11.7. The second-order valence-corrected chi connectivity index (χ2v) is 4.39. The van der Waals surface area contributed by atoms with Crippen molar-refractivity contribution < 1.29 is 19.4 Å². The number of carboxylic acid groups (broad SMARTS) is 1. The SMILES string of the molecule is COc1ccccc1C(=O)NC(C(=O)O)c1cnn(C)c1. The number of benzene rings is 1. The van der Waals surface area contributed by atoms with Crippen LogP contribution >= 0.6 is 0 Å². The van der Waals surface area contributed by atoms with Gasteiger partial charge in [-0.2, -0.15) is 5.10 Å². The lowest BCUT2D eigenvalue weighted by molar-refractivity contribution is -0.139. The predicted octanol–water partition coefficient (Wildman–Crippen LogP) is 0.984. The number of para-hydroxylation sites is 1. The zero-order chi connectivity index (χ0) is 15.4. The number of carboxylic acids is 1. The van der Waals surface area contributed by atoms with Gasteiger partial charge in [-0.15, -0.1) is 0 Å². The molecule has 7 nitrogen and oxygen atoms in total. The molecule has 1 heterocycles. The summed E-state index contributed by atoms with van der Waals surface area (Å²) in [6.07, 6.45) is 2.95. The molecule has 2 rings (SSSR count). The molecule has 1 aromatic heterocycles. The lowest BCUT2D eigenvalue weighted by Gasteiger charge is -2.14. The second kappa shape index (κ2) is 6.08. The van der Waals surface area contributed by atoms with Gasteiger partial charge in [0.1, 0.15) is 5.75 Å². The number of hydrogen-bond donors (Lipinski definition) is 2. The average Bonchev–Trinajstić information content (AvgIpc) is 2.90. The molecule has 2 N–H and O–H groups in total. The molecule has 2 aromatic rings. The van der Waals surface area contributed by atoms with Crippen LogP contribution in [0.4, 0.5) is 0 Å². The Labute approximate surface area is 121 Å². The van der Waals surface area contributed by atoms with Crippen LogP contribution in [0.2, 0.25) is 0 Å². The third-order valence-corrected chi connectivity index (χ3v) is 2.93. The molecule has 0 saturated heterocycles. The number of nitrogens with one attached hydrogen (secondary N) is 1. The highest BCUT2D eigenvalue weighted by molar-refractivity contribution is 5.99. The standard InChI is InChI=1S/C14H15N3O4/c1-17-8-9(7-15-17)12(14(19)20)16-13(18)10-5-3-4-6-11(10)21-2/h3-8,12H,1-2H3,(H,16,18)(H,19,20). The van der Waals surface area contributed by atoms with Gasteiger partial charge >= 0.3 is 5.97 Å². The van der Waals surface area contributed by atoms with Crippen LogP contribution in [-0.2, 0) is 11.8 Å². The van der Waals surface area contributed by atoms with E-state index in [1.54, 1.807) is 37.5 Å². The van der Waals surface area contributed by atoms with Crippen molar-refractivity contribution in [3.05, 3.63) is 47.8 Å². The Morgan fingerprint density at radius 2 is 2.10 bits per heavy atom. The van der Waals surface area contributed by atoms with E-state index in [9.17, 15) is 14.7 Å². The summed E-state index contributed by atoms with van der Waals surface area (Å²) in [5.74, 6) is -1.31. The number of carbonyl (C=O) groups is 2. The smallest absolute Gasteiger partial charge is 0.331 e. The number of aryl methyl sites for hydroxylation is 1. The third kappa shape index (κ3) is 3.19. The van der Waals surface area contributed by atoms with E-state index in [4.69, 9.17) is 4.74 Å². The molecule has 1 unspecified atom stereocenters. The van der Waals surface area contributed by atoms with E-state index in [-0.39, 0.29) is 5.56 Å². The van der Waals surface area contributed by atoms with Gasteiger partial charge in [0.25, 0.3) is 5.91 Å². The molecular weight excluding hydrogens is 274 g/mol. The molecule has 0 aliphatic rings. The van der Waals surface area contributed by atoms with Gasteiger partial charge in [-0.25, -0.2) is 4.79 Å². The number of carbonyl (C=O) groups excluding carboxylic acids is 1. The van der Waals surface area contributed by atoms with Gasteiger partial charge in [-0.05, 0) is 12.1 Å². The summed E-state index contributed by atoms with van der Waals surface area (Å²) in [6.45, 7) is 0. The Kier molecular flexibility index (Phi) is 4.22. The van der Waals surface area contributed by atoms with Crippen LogP contribution in [0.5, 0.6) is 5.75 Å². The molecule has 0 saturated carbocycles. The Balaban J connectivity index is 2.25. The fourth-order valence-corrected chi connectivity index (χ4v) is 1.92. The van der Waals surface area contributed by atoms with E-state index in [2.05, 4.69) is 10.4 Å².